The van der Waals surface area contributed by atoms with Crippen LogP contribution in [0.2, 0.25) is 0 Å². The van der Waals surface area contributed by atoms with Crippen LogP contribution in [0, 0.1) is 5.92 Å². The lowest BCUT2D eigenvalue weighted by atomic mass is 10.1. The van der Waals surface area contributed by atoms with Crippen molar-refractivity contribution < 1.29 is 14.7 Å². The molecule has 0 saturated carbocycles. The highest BCUT2D eigenvalue weighted by Crippen LogP contribution is 2.19. The van der Waals surface area contributed by atoms with Gasteiger partial charge in [-0.25, -0.2) is 0 Å². The smallest absolute Gasteiger partial charge is 0.316 e. The molecule has 0 spiro atoms. The Labute approximate surface area is 115 Å². The van der Waals surface area contributed by atoms with Crippen molar-refractivity contribution in [2.24, 2.45) is 5.92 Å². The van der Waals surface area contributed by atoms with Crippen LogP contribution < -0.4 is 5.32 Å². The molecule has 4 nitrogen and oxygen atoms in total. The maximum atomic E-state index is 11.6. The first kappa shape index (κ1) is 15.0. The summed E-state index contributed by atoms with van der Waals surface area (Å²) in [6, 6.07) is 3.88. The molecule has 0 aliphatic carbocycles. The second-order valence-corrected chi connectivity index (χ2v) is 6.33. The quantitative estimate of drug-likeness (QED) is 0.807. The van der Waals surface area contributed by atoms with Crippen molar-refractivity contribution >= 4 is 35.0 Å². The van der Waals surface area contributed by atoms with Gasteiger partial charge in [-0.1, -0.05) is 19.9 Å². The normalized spacial score (nSPS) is 12.4. The summed E-state index contributed by atoms with van der Waals surface area (Å²) < 4.78 is 0. The highest BCUT2D eigenvalue weighted by molar-refractivity contribution is 8.01. The molecule has 1 aromatic rings. The van der Waals surface area contributed by atoms with Crippen LogP contribution in [-0.2, 0) is 16.1 Å². The van der Waals surface area contributed by atoms with E-state index < -0.39 is 11.2 Å². The van der Waals surface area contributed by atoms with Crippen molar-refractivity contribution in [3.05, 3.63) is 22.4 Å². The third kappa shape index (κ3) is 5.10. The zero-order chi connectivity index (χ0) is 13.5. The number of thioether (sulfide) groups is 1. The molecule has 0 bridgehead atoms. The van der Waals surface area contributed by atoms with Crippen molar-refractivity contribution in [1.29, 1.82) is 0 Å². The number of carbonyl (C=O) groups excluding carboxylic acids is 1. The van der Waals surface area contributed by atoms with E-state index in [1.807, 2.05) is 31.4 Å². The van der Waals surface area contributed by atoms with Gasteiger partial charge in [-0.05, 0) is 17.4 Å². The zero-order valence-electron chi connectivity index (χ0n) is 10.4. The van der Waals surface area contributed by atoms with Crippen LogP contribution in [0.1, 0.15) is 18.7 Å². The van der Waals surface area contributed by atoms with Gasteiger partial charge in [0.05, 0.1) is 12.3 Å². The van der Waals surface area contributed by atoms with Gasteiger partial charge in [-0.2, -0.15) is 0 Å². The van der Waals surface area contributed by atoms with Crippen LogP contribution in [0.25, 0.3) is 0 Å². The molecule has 0 radical (unpaired) electrons. The molecule has 0 fully saturated rings. The fourth-order valence-corrected chi connectivity index (χ4v) is 2.97. The minimum Gasteiger partial charge on any atom is -0.480 e. The molecule has 6 heteroatoms. The third-order valence-electron chi connectivity index (χ3n) is 2.28. The van der Waals surface area contributed by atoms with Crippen molar-refractivity contribution in [2.45, 2.75) is 25.6 Å². The number of rotatable bonds is 7. The molecule has 1 heterocycles. The predicted octanol–water partition coefficient (Wildman–Crippen LogP) is 2.21. The van der Waals surface area contributed by atoms with E-state index in [4.69, 9.17) is 5.11 Å². The van der Waals surface area contributed by atoms with Gasteiger partial charge >= 0.3 is 5.97 Å². The Bertz CT molecular complexity index is 390. The molecule has 1 aromatic heterocycles. The van der Waals surface area contributed by atoms with E-state index >= 15 is 0 Å². The number of aliphatic carboxylic acids is 1. The van der Waals surface area contributed by atoms with Crippen molar-refractivity contribution in [3.63, 3.8) is 0 Å². The van der Waals surface area contributed by atoms with Gasteiger partial charge < -0.3 is 10.4 Å². The number of nitrogens with one attached hydrogen (secondary N) is 1. The summed E-state index contributed by atoms with van der Waals surface area (Å²) in [5, 5.41) is 13.2. The van der Waals surface area contributed by atoms with E-state index in [0.29, 0.717) is 6.54 Å². The average molecular weight is 287 g/mol. The highest BCUT2D eigenvalue weighted by Gasteiger charge is 2.22. The second kappa shape index (κ2) is 7.43. The molecule has 0 aliphatic heterocycles. The van der Waals surface area contributed by atoms with Gasteiger partial charge in [-0.15, -0.1) is 23.1 Å². The monoisotopic (exact) mass is 287 g/mol. The van der Waals surface area contributed by atoms with Gasteiger partial charge in [0.25, 0.3) is 0 Å². The molecule has 0 saturated heterocycles. The Morgan fingerprint density at radius 2 is 2.22 bits per heavy atom. The Morgan fingerprint density at radius 1 is 1.50 bits per heavy atom. The van der Waals surface area contributed by atoms with Gasteiger partial charge in [-0.3, -0.25) is 9.59 Å². The minimum atomic E-state index is -0.860. The molecule has 1 unspecified atom stereocenters. The Morgan fingerprint density at radius 3 is 2.72 bits per heavy atom. The summed E-state index contributed by atoms with van der Waals surface area (Å²) in [6.45, 7) is 4.20. The highest BCUT2D eigenvalue weighted by atomic mass is 32.2. The van der Waals surface area contributed by atoms with Gasteiger partial charge in [0.2, 0.25) is 5.91 Å². The van der Waals surface area contributed by atoms with E-state index in [9.17, 15) is 9.59 Å². The maximum absolute atomic E-state index is 11.6. The predicted molar refractivity (Wildman–Crippen MR) is 74.9 cm³/mol. The summed E-state index contributed by atoms with van der Waals surface area (Å²) in [6.07, 6.45) is 0. The Balaban J connectivity index is 2.29. The Hall–Kier alpha value is -1.01. The summed E-state index contributed by atoms with van der Waals surface area (Å²) in [5.41, 5.74) is 0. The molecule has 0 aliphatic rings. The van der Waals surface area contributed by atoms with E-state index in [0.717, 1.165) is 4.88 Å². The second-order valence-electron chi connectivity index (χ2n) is 4.17. The van der Waals surface area contributed by atoms with E-state index in [1.165, 1.54) is 11.8 Å². The van der Waals surface area contributed by atoms with E-state index in [1.54, 1.807) is 11.3 Å². The Kier molecular flexibility index (Phi) is 6.21. The van der Waals surface area contributed by atoms with Crippen LogP contribution in [0.15, 0.2) is 17.5 Å². The summed E-state index contributed by atoms with van der Waals surface area (Å²) in [5.74, 6) is -0.792. The van der Waals surface area contributed by atoms with Crippen LogP contribution in [-0.4, -0.2) is 28.0 Å². The van der Waals surface area contributed by atoms with Crippen molar-refractivity contribution in [3.8, 4) is 0 Å². The number of carbonyl (C=O) groups is 2. The molecular weight excluding hydrogens is 270 g/mol. The number of thiophene rings is 1. The van der Waals surface area contributed by atoms with E-state index in [-0.39, 0.29) is 17.6 Å². The number of carboxylic acids is 1. The van der Waals surface area contributed by atoms with Crippen LogP contribution in [0.3, 0.4) is 0 Å². The van der Waals surface area contributed by atoms with Crippen LogP contribution in [0.4, 0.5) is 0 Å². The molecule has 1 atom stereocenters. The number of carboxylic acid groups (broad SMARTS) is 1. The first-order chi connectivity index (χ1) is 8.50. The lowest BCUT2D eigenvalue weighted by molar-refractivity contribution is -0.137. The van der Waals surface area contributed by atoms with Crippen LogP contribution in [0.5, 0.6) is 0 Å². The summed E-state index contributed by atoms with van der Waals surface area (Å²) in [4.78, 5) is 23.6. The maximum Gasteiger partial charge on any atom is 0.316 e. The zero-order valence-corrected chi connectivity index (χ0v) is 12.0. The number of hydrogen-bond donors (Lipinski definition) is 2. The molecule has 0 aromatic carbocycles. The molecule has 100 valence electrons. The minimum absolute atomic E-state index is 0.0117. The first-order valence-corrected chi connectivity index (χ1v) is 7.57. The first-order valence-electron chi connectivity index (χ1n) is 5.64. The largest absolute Gasteiger partial charge is 0.480 e. The summed E-state index contributed by atoms with van der Waals surface area (Å²) >= 11 is 2.76. The fourth-order valence-electron chi connectivity index (χ4n) is 1.36. The molecule has 1 amide bonds. The molecule has 18 heavy (non-hydrogen) atoms. The number of hydrogen-bond acceptors (Lipinski definition) is 4. The number of amides is 1. The van der Waals surface area contributed by atoms with Crippen molar-refractivity contribution in [1.82, 2.24) is 5.32 Å². The van der Waals surface area contributed by atoms with Gasteiger partial charge in [0.1, 0.15) is 5.25 Å². The SMILES string of the molecule is CC(C)C(SCC(=O)NCc1cccs1)C(=O)O. The standard InChI is InChI=1S/C12H17NO3S2/c1-8(2)11(12(15)16)18-7-10(14)13-6-9-4-3-5-17-9/h3-5,8,11H,6-7H2,1-2H3,(H,13,14)(H,15,16). The average Bonchev–Trinajstić information content (AvgIpc) is 2.78. The fraction of sp³-hybridized carbons (Fsp3) is 0.500. The lowest BCUT2D eigenvalue weighted by Gasteiger charge is -2.15. The van der Waals surface area contributed by atoms with E-state index in [2.05, 4.69) is 5.32 Å². The third-order valence-corrected chi connectivity index (χ3v) is 4.69. The van der Waals surface area contributed by atoms with Gasteiger partial charge in [0.15, 0.2) is 0 Å². The van der Waals surface area contributed by atoms with Gasteiger partial charge in [0, 0.05) is 4.88 Å². The molecular formula is C12H17NO3S2. The molecule has 2 N–H and O–H groups in total. The van der Waals surface area contributed by atoms with Crippen LogP contribution >= 0.6 is 23.1 Å². The lowest BCUT2D eigenvalue weighted by Crippen LogP contribution is -2.28. The molecule has 1 rings (SSSR count). The van der Waals surface area contributed by atoms with Crippen molar-refractivity contribution in [2.75, 3.05) is 5.75 Å². The topological polar surface area (TPSA) is 66.4 Å². The summed E-state index contributed by atoms with van der Waals surface area (Å²) in [7, 11) is 0.